The summed E-state index contributed by atoms with van der Waals surface area (Å²) in [5.74, 6) is 0. The molecule has 0 aliphatic carbocycles. The maximum Gasteiger partial charge on any atom is 0.533 e. The van der Waals surface area contributed by atoms with Gasteiger partial charge in [0.15, 0.2) is 0 Å². The Labute approximate surface area is 142 Å². The molecule has 1 N–H and O–H groups in total. The fourth-order valence-electron chi connectivity index (χ4n) is 2.30. The van der Waals surface area contributed by atoms with Crippen LogP contribution in [0.2, 0.25) is 0 Å². The summed E-state index contributed by atoms with van der Waals surface area (Å²) in [6.07, 6.45) is -0.823. The Morgan fingerprint density at radius 1 is 1.35 bits per heavy atom. The highest BCUT2D eigenvalue weighted by molar-refractivity contribution is 5.85. The maximum absolute atomic E-state index is 11.2. The van der Waals surface area contributed by atoms with E-state index >= 15 is 0 Å². The number of carbonyl (C=O) groups is 1. The molecule has 0 atom stereocenters. The van der Waals surface area contributed by atoms with Gasteiger partial charge in [-0.15, -0.1) is 12.4 Å². The molecule has 0 radical (unpaired) electrons. The van der Waals surface area contributed by atoms with Crippen LogP contribution in [0.5, 0.6) is 0 Å². The van der Waals surface area contributed by atoms with Gasteiger partial charge in [-0.05, 0) is 26.1 Å². The quantitative estimate of drug-likeness (QED) is 0.665. The van der Waals surface area contributed by atoms with Crippen molar-refractivity contribution in [3.63, 3.8) is 0 Å². The molecule has 0 spiro atoms. The third-order valence-corrected chi connectivity index (χ3v) is 3.50. The first kappa shape index (κ1) is 18.9. The topological polar surface area (TPSA) is 77.8 Å². The summed E-state index contributed by atoms with van der Waals surface area (Å²) in [6, 6.07) is 7.60. The second kappa shape index (κ2) is 9.08. The molecule has 0 bridgehead atoms. The highest BCUT2D eigenvalue weighted by Crippen LogP contribution is 2.27. The zero-order valence-corrected chi connectivity index (χ0v) is 14.1. The van der Waals surface area contributed by atoms with Gasteiger partial charge in [0.25, 0.3) is 0 Å². The minimum absolute atomic E-state index is 0. The van der Waals surface area contributed by atoms with Gasteiger partial charge >= 0.3 is 6.16 Å². The van der Waals surface area contributed by atoms with Crippen LogP contribution in [0.15, 0.2) is 18.2 Å². The van der Waals surface area contributed by atoms with E-state index in [0.717, 1.165) is 31.9 Å². The number of carbonyl (C=O) groups excluding carboxylic acids is 1. The summed E-state index contributed by atoms with van der Waals surface area (Å²) in [5.41, 5.74) is 4.25. The molecule has 7 nitrogen and oxygen atoms in total. The highest BCUT2D eigenvalue weighted by Gasteiger charge is 2.19. The lowest BCUT2D eigenvalue weighted by molar-refractivity contribution is 0.0762. The minimum atomic E-state index is -0.823. The van der Waals surface area contributed by atoms with Crippen molar-refractivity contribution in [2.24, 2.45) is 0 Å². The molecular weight excluding hydrogens is 320 g/mol. The van der Waals surface area contributed by atoms with E-state index in [-0.39, 0.29) is 19.0 Å². The van der Waals surface area contributed by atoms with Gasteiger partial charge in [-0.3, -0.25) is 0 Å². The summed E-state index contributed by atoms with van der Waals surface area (Å²) < 4.78 is 4.67. The van der Waals surface area contributed by atoms with Crippen LogP contribution in [-0.2, 0) is 9.57 Å². The van der Waals surface area contributed by atoms with Crippen LogP contribution in [0.25, 0.3) is 0 Å². The number of halogens is 1. The standard InChI is InChI=1S/C15H20N4O3.ClH/c1-3-21-15(20)22-17-13-5-4-6-14(12(13)11-16)19-9-7-18(2)8-10-19;/h4-6,17H,3,7-10H2,1-2H3;1H. The Kier molecular flexibility index (Phi) is 7.45. The third-order valence-electron chi connectivity index (χ3n) is 3.50. The van der Waals surface area contributed by atoms with Crippen LogP contribution in [0.3, 0.4) is 0 Å². The molecule has 0 amide bonds. The second-order valence-electron chi connectivity index (χ2n) is 4.99. The summed E-state index contributed by atoms with van der Waals surface area (Å²) in [4.78, 5) is 20.4. The van der Waals surface area contributed by atoms with Crippen molar-refractivity contribution < 1.29 is 14.4 Å². The van der Waals surface area contributed by atoms with Gasteiger partial charge in [-0.1, -0.05) is 6.07 Å². The maximum atomic E-state index is 11.2. The monoisotopic (exact) mass is 340 g/mol. The number of benzene rings is 1. The molecule has 0 unspecified atom stereocenters. The summed E-state index contributed by atoms with van der Waals surface area (Å²) in [5, 5.41) is 9.45. The molecule has 2 rings (SSSR count). The largest absolute Gasteiger partial charge is 0.533 e. The first-order valence-corrected chi connectivity index (χ1v) is 7.22. The van der Waals surface area contributed by atoms with Crippen LogP contribution >= 0.6 is 12.4 Å². The molecule has 1 saturated heterocycles. The number of hydrogen-bond donors (Lipinski definition) is 1. The molecule has 1 heterocycles. The van der Waals surface area contributed by atoms with Gasteiger partial charge in [-0.2, -0.15) is 5.26 Å². The lowest BCUT2D eigenvalue weighted by Crippen LogP contribution is -2.44. The molecule has 0 aromatic heterocycles. The third kappa shape index (κ3) is 4.91. The first-order valence-electron chi connectivity index (χ1n) is 7.22. The predicted octanol–water partition coefficient (Wildman–Crippen LogP) is 2.23. The van der Waals surface area contributed by atoms with Crippen molar-refractivity contribution in [2.75, 3.05) is 50.2 Å². The molecule has 126 valence electrons. The zero-order valence-electron chi connectivity index (χ0n) is 13.2. The molecule has 1 fully saturated rings. The number of likely N-dealkylation sites (N-methyl/N-ethyl adjacent to an activating group) is 1. The Morgan fingerprint density at radius 2 is 2.04 bits per heavy atom. The second-order valence-corrected chi connectivity index (χ2v) is 4.99. The molecule has 1 aliphatic heterocycles. The van der Waals surface area contributed by atoms with Gasteiger partial charge in [0.2, 0.25) is 0 Å². The van der Waals surface area contributed by atoms with Crippen molar-refractivity contribution in [1.82, 2.24) is 4.90 Å². The highest BCUT2D eigenvalue weighted by atomic mass is 35.5. The van der Waals surface area contributed by atoms with E-state index < -0.39 is 6.16 Å². The van der Waals surface area contributed by atoms with Crippen molar-refractivity contribution in [3.05, 3.63) is 23.8 Å². The Morgan fingerprint density at radius 3 is 2.65 bits per heavy atom. The number of nitrogens with zero attached hydrogens (tertiary/aromatic N) is 3. The van der Waals surface area contributed by atoms with Crippen molar-refractivity contribution in [2.45, 2.75) is 6.92 Å². The number of nitriles is 1. The van der Waals surface area contributed by atoms with Crippen LogP contribution < -0.4 is 10.4 Å². The van der Waals surface area contributed by atoms with E-state index in [1.807, 2.05) is 12.1 Å². The summed E-state index contributed by atoms with van der Waals surface area (Å²) in [6.45, 7) is 5.52. The molecular formula is C15H21ClN4O3. The van der Waals surface area contributed by atoms with E-state index in [4.69, 9.17) is 4.84 Å². The lowest BCUT2D eigenvalue weighted by Gasteiger charge is -2.34. The number of nitrogens with one attached hydrogen (secondary N) is 1. The van der Waals surface area contributed by atoms with Gasteiger partial charge in [0.1, 0.15) is 11.6 Å². The number of rotatable bonds is 4. The summed E-state index contributed by atoms with van der Waals surface area (Å²) >= 11 is 0. The molecule has 1 aromatic carbocycles. The smallest absolute Gasteiger partial charge is 0.433 e. The van der Waals surface area contributed by atoms with Crippen LogP contribution in [-0.4, -0.2) is 50.9 Å². The Balaban J connectivity index is 0.00000264. The van der Waals surface area contributed by atoms with Gasteiger partial charge in [-0.25, -0.2) is 10.3 Å². The predicted molar refractivity (Wildman–Crippen MR) is 89.8 cm³/mol. The average Bonchev–Trinajstić information content (AvgIpc) is 2.53. The molecule has 1 aromatic rings. The SMILES string of the molecule is CCOC(=O)ONc1cccc(N2CCN(C)CC2)c1C#N.Cl. The van der Waals surface area contributed by atoms with Crippen LogP contribution in [0, 0.1) is 11.3 Å². The van der Waals surface area contributed by atoms with E-state index in [1.165, 1.54) is 0 Å². The van der Waals surface area contributed by atoms with Crippen LogP contribution in [0.4, 0.5) is 16.2 Å². The minimum Gasteiger partial charge on any atom is -0.433 e. The zero-order chi connectivity index (χ0) is 15.9. The van der Waals surface area contributed by atoms with E-state index in [1.54, 1.807) is 13.0 Å². The van der Waals surface area contributed by atoms with Crippen molar-refractivity contribution >= 4 is 29.9 Å². The van der Waals surface area contributed by atoms with Crippen molar-refractivity contribution in [1.29, 1.82) is 5.26 Å². The Bertz CT molecular complexity index is 568. The van der Waals surface area contributed by atoms with Crippen LogP contribution in [0.1, 0.15) is 12.5 Å². The first-order chi connectivity index (χ1) is 10.7. The average molecular weight is 341 g/mol. The number of piperazine rings is 1. The number of ether oxygens (including phenoxy) is 1. The van der Waals surface area contributed by atoms with Gasteiger partial charge in [0.05, 0.1) is 18.0 Å². The summed E-state index contributed by atoms with van der Waals surface area (Å²) in [7, 11) is 2.08. The fraction of sp³-hybridized carbons (Fsp3) is 0.467. The number of hydrogen-bond acceptors (Lipinski definition) is 7. The molecule has 23 heavy (non-hydrogen) atoms. The van der Waals surface area contributed by atoms with Gasteiger partial charge < -0.3 is 19.4 Å². The molecule has 8 heteroatoms. The van der Waals surface area contributed by atoms with E-state index in [2.05, 4.69) is 33.1 Å². The normalized spacial score (nSPS) is 14.4. The fourth-order valence-corrected chi connectivity index (χ4v) is 2.30. The lowest BCUT2D eigenvalue weighted by atomic mass is 10.1. The van der Waals surface area contributed by atoms with E-state index in [0.29, 0.717) is 11.3 Å². The molecule has 0 saturated carbocycles. The Hall–Kier alpha value is -2.17. The molecule has 1 aliphatic rings. The van der Waals surface area contributed by atoms with Crippen molar-refractivity contribution in [3.8, 4) is 6.07 Å². The van der Waals surface area contributed by atoms with E-state index in [9.17, 15) is 10.1 Å². The number of anilines is 2. The van der Waals surface area contributed by atoms with Gasteiger partial charge in [0, 0.05) is 26.2 Å².